The predicted octanol–water partition coefficient (Wildman–Crippen LogP) is 3.15. The minimum Gasteiger partial charge on any atom is -0.508 e. The Hall–Kier alpha value is -3.37. The molecule has 0 amide bonds. The lowest BCUT2D eigenvalue weighted by Crippen LogP contribution is -2.51. The first-order valence-electron chi connectivity index (χ1n) is 14.1. The Morgan fingerprint density at radius 3 is 2.73 bits per heavy atom. The van der Waals surface area contributed by atoms with Gasteiger partial charge in [0.05, 0.1) is 14.6 Å². The van der Waals surface area contributed by atoms with Gasteiger partial charge in [-0.25, -0.2) is 4.79 Å². The number of nitrogens with zero attached hydrogens (tertiary/aromatic N) is 1. The number of phenolic OH excluding ortho intramolecular Hbond substituents is 1. The van der Waals surface area contributed by atoms with Crippen molar-refractivity contribution in [3.05, 3.63) is 51.6 Å². The van der Waals surface area contributed by atoms with Gasteiger partial charge in [-0.15, -0.1) is 0 Å². The van der Waals surface area contributed by atoms with E-state index in [2.05, 4.69) is 32.3 Å². The topological polar surface area (TPSA) is 131 Å². The largest absolute Gasteiger partial charge is 0.508 e. The van der Waals surface area contributed by atoms with Gasteiger partial charge in [-0.3, -0.25) is 9.59 Å². The highest BCUT2D eigenvalue weighted by atomic mass is 28.3. The Morgan fingerprint density at radius 1 is 1.30 bits per heavy atom. The molecule has 40 heavy (non-hydrogen) atoms. The molecule has 4 aliphatic rings. The molecule has 1 unspecified atom stereocenters. The van der Waals surface area contributed by atoms with Crippen LogP contribution in [0.2, 0.25) is 19.1 Å². The fraction of sp³-hybridized carbons (Fsp3) is 0.500. The molecule has 0 saturated heterocycles. The van der Waals surface area contributed by atoms with Crippen LogP contribution in [0, 0.1) is 5.92 Å². The van der Waals surface area contributed by atoms with Crippen LogP contribution < -0.4 is 16.2 Å². The highest BCUT2D eigenvalue weighted by Gasteiger charge is 2.54. The summed E-state index contributed by atoms with van der Waals surface area (Å²) in [5.74, 6) is 0.108. The normalized spacial score (nSPS) is 21.9. The quantitative estimate of drug-likeness (QED) is 0.321. The number of nitrogens with one attached hydrogen (secondary N) is 1. The standard InChI is InChI=1S/C30H39N3O6Si/c1-6-30(39-26(35)8-7-9-31)22-13-23-27(28(36)21(22)15-38-29(30)37)33-14-20-18(11-25(33)32-23)10-19(34)12-24(20)40(4,5)16-17(2)3/h10-12,17,32,34H,6-9,13-16,31H2,1-5H3. The maximum atomic E-state index is 14.1. The van der Waals surface area contributed by atoms with E-state index in [1.165, 1.54) is 5.19 Å². The van der Waals surface area contributed by atoms with E-state index in [4.69, 9.17) is 15.2 Å². The maximum Gasteiger partial charge on any atom is 0.355 e. The summed E-state index contributed by atoms with van der Waals surface area (Å²) in [6.45, 7) is 11.5. The summed E-state index contributed by atoms with van der Waals surface area (Å²) < 4.78 is 11.3. The van der Waals surface area contributed by atoms with Crippen LogP contribution in [0.15, 0.2) is 40.5 Å². The van der Waals surface area contributed by atoms with Gasteiger partial charge < -0.3 is 30.5 Å². The first kappa shape index (κ1) is 28.2. The first-order chi connectivity index (χ1) is 18.9. The number of ether oxygens (including phenoxy) is 2. The predicted molar refractivity (Wildman–Crippen MR) is 154 cm³/mol. The van der Waals surface area contributed by atoms with Gasteiger partial charge in [0, 0.05) is 29.7 Å². The molecule has 0 bridgehead atoms. The molecule has 1 aromatic rings. The molecule has 0 spiro atoms. The number of carbonyl (C=O) groups is 3. The molecule has 4 N–H and O–H groups in total. The fourth-order valence-corrected chi connectivity index (χ4v) is 10.6. The number of hydrogen-bond donors (Lipinski definition) is 3. The molecule has 10 heteroatoms. The highest BCUT2D eigenvalue weighted by Crippen LogP contribution is 2.46. The second-order valence-corrected chi connectivity index (χ2v) is 16.9. The summed E-state index contributed by atoms with van der Waals surface area (Å²) in [5.41, 5.74) is 8.07. The number of esters is 2. The number of carbonyl (C=O) groups excluding carboxylic acids is 3. The second kappa shape index (κ2) is 10.2. The zero-order valence-electron chi connectivity index (χ0n) is 24.0. The summed E-state index contributed by atoms with van der Waals surface area (Å²) >= 11 is 0. The third kappa shape index (κ3) is 4.56. The SMILES string of the molecule is CCC1(OC(=O)CCCN)C(=O)OCC2=C1CC1=C(C2=O)N2Cc3c(cc(O)cc3[Si](C)(C)CC(C)C)C=C2N1. The number of aromatic hydroxyl groups is 1. The molecule has 1 atom stereocenters. The van der Waals surface area contributed by atoms with Crippen molar-refractivity contribution in [3.8, 4) is 5.75 Å². The number of cyclic esters (lactones) is 1. The lowest BCUT2D eigenvalue weighted by molar-refractivity contribution is -0.180. The van der Waals surface area contributed by atoms with E-state index >= 15 is 0 Å². The van der Waals surface area contributed by atoms with Gasteiger partial charge in [0.1, 0.15) is 23.9 Å². The van der Waals surface area contributed by atoms with E-state index in [1.54, 1.807) is 13.0 Å². The Labute approximate surface area is 236 Å². The third-order valence-electron chi connectivity index (χ3n) is 8.39. The molecule has 0 saturated carbocycles. The third-order valence-corrected chi connectivity index (χ3v) is 12.1. The van der Waals surface area contributed by atoms with Gasteiger partial charge in [0.15, 0.2) is 0 Å². The fourth-order valence-electron chi connectivity index (χ4n) is 6.76. The summed E-state index contributed by atoms with van der Waals surface area (Å²) in [5, 5.41) is 15.2. The van der Waals surface area contributed by atoms with Crippen LogP contribution in [0.5, 0.6) is 5.75 Å². The van der Waals surface area contributed by atoms with Crippen LogP contribution in [0.4, 0.5) is 0 Å². The number of nitrogens with two attached hydrogens (primary N) is 1. The average molecular weight is 566 g/mol. The molecule has 0 fully saturated rings. The van der Waals surface area contributed by atoms with Crippen molar-refractivity contribution in [2.75, 3.05) is 13.2 Å². The lowest BCUT2D eigenvalue weighted by atomic mass is 9.78. The monoisotopic (exact) mass is 565 g/mol. The summed E-state index contributed by atoms with van der Waals surface area (Å²) in [6, 6.07) is 4.77. The van der Waals surface area contributed by atoms with Crippen LogP contribution in [0.25, 0.3) is 6.08 Å². The summed E-state index contributed by atoms with van der Waals surface area (Å²) in [6.07, 6.45) is 2.92. The molecule has 5 rings (SSSR count). The first-order valence-corrected chi connectivity index (χ1v) is 17.3. The molecule has 9 nitrogen and oxygen atoms in total. The minimum absolute atomic E-state index is 0.0822. The molecular formula is C30H39N3O6Si. The molecule has 214 valence electrons. The summed E-state index contributed by atoms with van der Waals surface area (Å²) in [4.78, 5) is 41.8. The Morgan fingerprint density at radius 2 is 2.05 bits per heavy atom. The van der Waals surface area contributed by atoms with Crippen molar-refractivity contribution in [3.63, 3.8) is 0 Å². The zero-order chi connectivity index (χ0) is 29.0. The van der Waals surface area contributed by atoms with E-state index in [1.807, 2.05) is 17.0 Å². The van der Waals surface area contributed by atoms with Crippen molar-refractivity contribution < 1.29 is 29.0 Å². The number of phenols is 1. The van der Waals surface area contributed by atoms with Gasteiger partial charge in [-0.05, 0) is 54.6 Å². The van der Waals surface area contributed by atoms with Crippen molar-refractivity contribution in [1.82, 2.24) is 10.2 Å². The molecule has 0 aromatic heterocycles. The lowest BCUT2D eigenvalue weighted by Gasteiger charge is -2.39. The number of fused-ring (bicyclic) bond motifs is 3. The highest BCUT2D eigenvalue weighted by molar-refractivity contribution is 6.90. The Kier molecular flexibility index (Phi) is 7.20. The molecule has 1 aromatic carbocycles. The van der Waals surface area contributed by atoms with Crippen LogP contribution in [-0.2, 0) is 30.4 Å². The van der Waals surface area contributed by atoms with Gasteiger partial charge in [-0.2, -0.15) is 0 Å². The number of rotatable bonds is 8. The number of ketones is 1. The zero-order valence-corrected chi connectivity index (χ0v) is 25.0. The van der Waals surface area contributed by atoms with Gasteiger partial charge in [0.2, 0.25) is 11.4 Å². The van der Waals surface area contributed by atoms with E-state index in [-0.39, 0.29) is 37.4 Å². The van der Waals surface area contributed by atoms with Gasteiger partial charge in [0.25, 0.3) is 0 Å². The van der Waals surface area contributed by atoms with Crippen LogP contribution in [0.1, 0.15) is 57.6 Å². The molecular weight excluding hydrogens is 526 g/mol. The van der Waals surface area contributed by atoms with Crippen LogP contribution in [0.3, 0.4) is 0 Å². The smallest absolute Gasteiger partial charge is 0.355 e. The van der Waals surface area contributed by atoms with E-state index in [0.717, 1.165) is 23.0 Å². The number of hydrogen-bond acceptors (Lipinski definition) is 9. The number of benzene rings is 1. The molecule has 0 radical (unpaired) electrons. The van der Waals surface area contributed by atoms with Crippen molar-refractivity contribution in [2.24, 2.45) is 11.7 Å². The number of Topliss-reactive ketones (excluding diaryl/α,β-unsaturated/α-hetero) is 1. The second-order valence-electron chi connectivity index (χ2n) is 12.2. The Balaban J connectivity index is 1.51. The Bertz CT molecular complexity index is 1390. The van der Waals surface area contributed by atoms with E-state index in [9.17, 15) is 19.5 Å². The van der Waals surface area contributed by atoms with Gasteiger partial charge >= 0.3 is 11.9 Å². The minimum atomic E-state index is -1.90. The van der Waals surface area contributed by atoms with Gasteiger partial charge in [-0.1, -0.05) is 45.1 Å². The molecule has 3 heterocycles. The molecule has 3 aliphatic heterocycles. The van der Waals surface area contributed by atoms with E-state index < -0.39 is 25.6 Å². The average Bonchev–Trinajstić information content (AvgIpc) is 3.24. The molecule has 1 aliphatic carbocycles. The van der Waals surface area contributed by atoms with Crippen molar-refractivity contribution >= 4 is 37.1 Å². The van der Waals surface area contributed by atoms with Crippen LogP contribution in [-0.4, -0.2) is 54.6 Å². The van der Waals surface area contributed by atoms with E-state index in [0.29, 0.717) is 48.0 Å². The van der Waals surface area contributed by atoms with Crippen molar-refractivity contribution in [2.45, 2.75) is 77.7 Å². The van der Waals surface area contributed by atoms with Crippen LogP contribution >= 0.6 is 0 Å². The maximum absolute atomic E-state index is 14.1. The number of allylic oxidation sites excluding steroid dienone is 2. The van der Waals surface area contributed by atoms with Crippen molar-refractivity contribution in [1.29, 1.82) is 0 Å². The summed E-state index contributed by atoms with van der Waals surface area (Å²) in [7, 11) is -1.90.